The second-order valence-electron chi connectivity index (χ2n) is 14.6. The zero-order chi connectivity index (χ0) is 34.4. The molecule has 14 heteroatoms. The van der Waals surface area contributed by atoms with Gasteiger partial charge in [-0.2, -0.15) is 0 Å². The third-order valence-electron chi connectivity index (χ3n) is 9.68. The molecular formula is C32H56N6O7S. The Hall–Kier alpha value is -2.74. The maximum absolute atomic E-state index is 14.1. The first kappa shape index (κ1) is 37.7. The van der Waals surface area contributed by atoms with Gasteiger partial charge in [-0.3, -0.25) is 19.2 Å². The van der Waals surface area contributed by atoms with E-state index in [9.17, 15) is 32.4 Å². The highest BCUT2D eigenvalue weighted by Crippen LogP contribution is 2.35. The molecule has 46 heavy (non-hydrogen) atoms. The summed E-state index contributed by atoms with van der Waals surface area (Å²) in [5, 5.41) is 10.4. The fraction of sp³-hybridized carbons (Fsp3) is 0.844. The van der Waals surface area contributed by atoms with Crippen molar-refractivity contribution in [1.82, 2.24) is 30.5 Å². The summed E-state index contributed by atoms with van der Waals surface area (Å²) < 4.78 is 27.5. The standard InChI is InChI=1S/C32H56N6O7S/c1-8-9-14-23(25(39)28(41)33-22-16-17-22)34-27(40)24-15-13-20-38(24)29(42)26(31(3,4)5)35-30(43)36-32(18-11-10-12-19-32)21(2)46(44,45)37(6)7/h21-24,26H,8-20H2,1-7H3,(H,33,41)(H,34,40)(H2,35,36,43). The van der Waals surface area contributed by atoms with Gasteiger partial charge in [-0.1, -0.05) is 59.8 Å². The van der Waals surface area contributed by atoms with Crippen LogP contribution in [-0.2, 0) is 29.2 Å². The minimum absolute atomic E-state index is 0.00884. The lowest BCUT2D eigenvalue weighted by atomic mass is 9.79. The molecule has 1 saturated heterocycles. The van der Waals surface area contributed by atoms with Gasteiger partial charge in [0.2, 0.25) is 27.6 Å². The van der Waals surface area contributed by atoms with Crippen LogP contribution in [0.4, 0.5) is 4.79 Å². The number of carbonyl (C=O) groups is 5. The van der Waals surface area contributed by atoms with Gasteiger partial charge in [0.05, 0.1) is 16.8 Å². The molecule has 0 radical (unpaired) electrons. The Morgan fingerprint density at radius 2 is 1.59 bits per heavy atom. The maximum atomic E-state index is 14.1. The number of Topliss-reactive ketones (excluding diaryl/α,β-unsaturated/α-hetero) is 1. The van der Waals surface area contributed by atoms with Gasteiger partial charge >= 0.3 is 6.03 Å². The first-order valence-electron chi connectivity index (χ1n) is 16.9. The van der Waals surface area contributed by atoms with Crippen LogP contribution in [0.2, 0.25) is 0 Å². The molecule has 3 fully saturated rings. The summed E-state index contributed by atoms with van der Waals surface area (Å²) in [7, 11) is -0.739. The van der Waals surface area contributed by atoms with E-state index < -0.39 is 73.9 Å². The monoisotopic (exact) mass is 668 g/mol. The van der Waals surface area contributed by atoms with Crippen molar-refractivity contribution in [3.63, 3.8) is 0 Å². The molecule has 3 rings (SSSR count). The normalized spacial score (nSPS) is 22.0. The topological polar surface area (TPSA) is 174 Å². The summed E-state index contributed by atoms with van der Waals surface area (Å²) in [6.45, 7) is 9.31. The number of unbranched alkanes of at least 4 members (excludes halogenated alkanes) is 1. The molecule has 0 bridgehead atoms. The number of amides is 5. The first-order chi connectivity index (χ1) is 21.4. The molecule has 1 heterocycles. The molecular weight excluding hydrogens is 612 g/mol. The predicted octanol–water partition coefficient (Wildman–Crippen LogP) is 2.20. The molecule has 2 aliphatic carbocycles. The van der Waals surface area contributed by atoms with Crippen molar-refractivity contribution in [2.45, 2.75) is 147 Å². The minimum atomic E-state index is -3.69. The van der Waals surface area contributed by atoms with E-state index in [1.165, 1.54) is 23.3 Å². The minimum Gasteiger partial charge on any atom is -0.347 e. The van der Waals surface area contributed by atoms with E-state index >= 15 is 0 Å². The van der Waals surface area contributed by atoms with Crippen molar-refractivity contribution in [2.24, 2.45) is 5.41 Å². The first-order valence-corrected chi connectivity index (χ1v) is 18.4. The molecule has 1 aliphatic heterocycles. The predicted molar refractivity (Wildman–Crippen MR) is 175 cm³/mol. The molecule has 5 amide bonds. The van der Waals surface area contributed by atoms with Crippen molar-refractivity contribution in [2.75, 3.05) is 20.6 Å². The highest BCUT2D eigenvalue weighted by Gasteiger charge is 2.48. The second kappa shape index (κ2) is 15.4. The third kappa shape index (κ3) is 9.20. The second-order valence-corrected chi connectivity index (χ2v) is 17.1. The Labute approximate surface area is 274 Å². The van der Waals surface area contributed by atoms with Crippen LogP contribution in [-0.4, -0.2) is 103 Å². The molecule has 3 aliphatic rings. The van der Waals surface area contributed by atoms with E-state index in [0.29, 0.717) is 45.1 Å². The van der Waals surface area contributed by atoms with E-state index in [2.05, 4.69) is 21.3 Å². The molecule has 0 aromatic rings. The highest BCUT2D eigenvalue weighted by atomic mass is 32.2. The zero-order valence-electron chi connectivity index (χ0n) is 28.7. The van der Waals surface area contributed by atoms with E-state index in [0.717, 1.165) is 38.5 Å². The molecule has 0 aromatic heterocycles. The van der Waals surface area contributed by atoms with Crippen LogP contribution in [0.25, 0.3) is 0 Å². The summed E-state index contributed by atoms with van der Waals surface area (Å²) in [5.41, 5.74) is -1.75. The number of likely N-dealkylation sites (tertiary alicyclic amines) is 1. The summed E-state index contributed by atoms with van der Waals surface area (Å²) in [5.74, 6) is -2.32. The Kier molecular flexibility index (Phi) is 12.7. The van der Waals surface area contributed by atoms with Crippen LogP contribution < -0.4 is 21.3 Å². The molecule has 4 atom stereocenters. The zero-order valence-corrected chi connectivity index (χ0v) is 29.6. The van der Waals surface area contributed by atoms with Gasteiger partial charge in [-0.05, 0) is 57.3 Å². The third-order valence-corrected chi connectivity index (χ3v) is 12.0. The van der Waals surface area contributed by atoms with Crippen LogP contribution in [0, 0.1) is 5.41 Å². The van der Waals surface area contributed by atoms with Crippen LogP contribution in [0.5, 0.6) is 0 Å². The van der Waals surface area contributed by atoms with Crippen molar-refractivity contribution in [3.8, 4) is 0 Å². The number of nitrogens with zero attached hydrogens (tertiary/aromatic N) is 2. The lowest BCUT2D eigenvalue weighted by Crippen LogP contribution is -2.65. The SMILES string of the molecule is CCCCC(NC(=O)C1CCCN1C(=O)C(NC(=O)NC1(C(C)S(=O)(=O)N(C)C)CCCCC1)C(C)(C)C)C(=O)C(=O)NC1CC1. The number of urea groups is 1. The van der Waals surface area contributed by atoms with Crippen LogP contribution in [0.3, 0.4) is 0 Å². The van der Waals surface area contributed by atoms with Gasteiger partial charge < -0.3 is 26.2 Å². The quantitative estimate of drug-likeness (QED) is 0.205. The summed E-state index contributed by atoms with van der Waals surface area (Å²) >= 11 is 0. The summed E-state index contributed by atoms with van der Waals surface area (Å²) in [6, 6.07) is -3.50. The molecule has 13 nitrogen and oxygen atoms in total. The number of ketones is 1. The average molecular weight is 669 g/mol. The van der Waals surface area contributed by atoms with Crippen LogP contribution in [0.1, 0.15) is 112 Å². The van der Waals surface area contributed by atoms with Crippen molar-refractivity contribution >= 4 is 39.6 Å². The van der Waals surface area contributed by atoms with E-state index in [-0.39, 0.29) is 6.04 Å². The average Bonchev–Trinajstić information content (AvgIpc) is 3.66. The molecule has 2 saturated carbocycles. The van der Waals surface area contributed by atoms with Gasteiger partial charge in [0.15, 0.2) is 0 Å². The fourth-order valence-corrected chi connectivity index (χ4v) is 8.01. The molecule has 0 spiro atoms. The van der Waals surface area contributed by atoms with E-state index in [1.807, 2.05) is 27.7 Å². The lowest BCUT2D eigenvalue weighted by Gasteiger charge is -2.43. The van der Waals surface area contributed by atoms with E-state index in [1.54, 1.807) is 6.92 Å². The lowest BCUT2D eigenvalue weighted by molar-refractivity contribution is -0.143. The Morgan fingerprint density at radius 3 is 2.13 bits per heavy atom. The van der Waals surface area contributed by atoms with Crippen molar-refractivity contribution in [1.29, 1.82) is 0 Å². The number of hydrogen-bond donors (Lipinski definition) is 4. The van der Waals surface area contributed by atoms with Gasteiger partial charge in [-0.15, -0.1) is 0 Å². The molecule has 4 N–H and O–H groups in total. The largest absolute Gasteiger partial charge is 0.347 e. The van der Waals surface area contributed by atoms with Crippen molar-refractivity contribution in [3.05, 3.63) is 0 Å². The maximum Gasteiger partial charge on any atom is 0.315 e. The smallest absolute Gasteiger partial charge is 0.315 e. The number of hydrogen-bond acceptors (Lipinski definition) is 7. The number of nitrogens with one attached hydrogen (secondary N) is 4. The molecule has 4 unspecified atom stereocenters. The Balaban J connectivity index is 1.77. The number of sulfonamides is 1. The van der Waals surface area contributed by atoms with Crippen molar-refractivity contribution < 1.29 is 32.4 Å². The van der Waals surface area contributed by atoms with Gasteiger partial charge in [-0.25, -0.2) is 17.5 Å². The van der Waals surface area contributed by atoms with Crippen LogP contribution in [0.15, 0.2) is 0 Å². The van der Waals surface area contributed by atoms with Crippen LogP contribution >= 0.6 is 0 Å². The molecule has 262 valence electrons. The van der Waals surface area contributed by atoms with Gasteiger partial charge in [0, 0.05) is 26.7 Å². The Bertz CT molecular complexity index is 1240. The van der Waals surface area contributed by atoms with Gasteiger partial charge in [0.1, 0.15) is 12.1 Å². The van der Waals surface area contributed by atoms with Gasteiger partial charge in [0.25, 0.3) is 5.91 Å². The number of carbonyl (C=O) groups excluding carboxylic acids is 5. The molecule has 0 aromatic carbocycles. The number of rotatable bonds is 14. The summed E-state index contributed by atoms with van der Waals surface area (Å²) in [4.78, 5) is 68.2. The van der Waals surface area contributed by atoms with E-state index in [4.69, 9.17) is 0 Å². The summed E-state index contributed by atoms with van der Waals surface area (Å²) in [6.07, 6.45) is 7.81. The highest BCUT2D eigenvalue weighted by molar-refractivity contribution is 7.89. The fourth-order valence-electron chi connectivity index (χ4n) is 6.52. The Morgan fingerprint density at radius 1 is 0.957 bits per heavy atom.